The largest absolute Gasteiger partial charge is 0.496 e. The number of hydrogen-bond acceptors (Lipinski definition) is 3. The SMILES string of the molecule is COc1ccccc1C(C)(Nc1ccc(Br)cc1)C(N)=O. The number of nitrogens with two attached hydrogens (primary N) is 1. The maximum absolute atomic E-state index is 12.1. The summed E-state index contributed by atoms with van der Waals surface area (Å²) in [5.74, 6) is 0.137. The van der Waals surface area contributed by atoms with Crippen molar-refractivity contribution in [2.24, 2.45) is 5.73 Å². The van der Waals surface area contributed by atoms with Gasteiger partial charge in [-0.1, -0.05) is 34.1 Å². The molecule has 3 N–H and O–H groups in total. The monoisotopic (exact) mass is 348 g/mol. The zero-order valence-electron chi connectivity index (χ0n) is 11.9. The Morgan fingerprint density at radius 1 is 1.19 bits per heavy atom. The van der Waals surface area contributed by atoms with Crippen LogP contribution in [0.15, 0.2) is 53.0 Å². The van der Waals surface area contributed by atoms with E-state index >= 15 is 0 Å². The maximum Gasteiger partial charge on any atom is 0.247 e. The molecule has 0 fully saturated rings. The molecule has 0 saturated carbocycles. The molecular formula is C16H17BrN2O2. The molecule has 0 aliphatic heterocycles. The molecule has 110 valence electrons. The molecule has 0 aromatic heterocycles. The number of rotatable bonds is 5. The zero-order chi connectivity index (χ0) is 15.5. The van der Waals surface area contributed by atoms with Crippen LogP contribution < -0.4 is 15.8 Å². The molecule has 2 rings (SSSR count). The van der Waals surface area contributed by atoms with E-state index in [0.29, 0.717) is 11.3 Å². The van der Waals surface area contributed by atoms with E-state index in [1.165, 1.54) is 0 Å². The van der Waals surface area contributed by atoms with Crippen LogP contribution in [0.3, 0.4) is 0 Å². The summed E-state index contributed by atoms with van der Waals surface area (Å²) < 4.78 is 6.31. The van der Waals surface area contributed by atoms with Crippen molar-refractivity contribution >= 4 is 27.5 Å². The molecule has 0 saturated heterocycles. The molecule has 0 aliphatic rings. The molecule has 4 nitrogen and oxygen atoms in total. The predicted molar refractivity (Wildman–Crippen MR) is 87.3 cm³/mol. The molecule has 0 radical (unpaired) electrons. The quantitative estimate of drug-likeness (QED) is 0.871. The molecule has 2 aromatic carbocycles. The van der Waals surface area contributed by atoms with Crippen LogP contribution in [0.1, 0.15) is 12.5 Å². The maximum atomic E-state index is 12.1. The first-order valence-corrected chi connectivity index (χ1v) is 7.24. The molecule has 1 amide bonds. The zero-order valence-corrected chi connectivity index (χ0v) is 13.5. The Bertz CT molecular complexity index is 643. The van der Waals surface area contributed by atoms with Crippen LogP contribution in [0.5, 0.6) is 5.75 Å². The standard InChI is InChI=1S/C16H17BrN2O2/c1-16(15(18)20,13-5-3-4-6-14(13)21-2)19-12-9-7-11(17)8-10-12/h3-10,19H,1-2H3,(H2,18,20). The van der Waals surface area contributed by atoms with Gasteiger partial charge in [0.05, 0.1) is 7.11 Å². The van der Waals surface area contributed by atoms with Crippen molar-refractivity contribution in [1.82, 2.24) is 0 Å². The van der Waals surface area contributed by atoms with Crippen LogP contribution in [0, 0.1) is 0 Å². The normalized spacial score (nSPS) is 13.3. The van der Waals surface area contributed by atoms with Gasteiger partial charge in [-0.25, -0.2) is 0 Å². The highest BCUT2D eigenvalue weighted by Crippen LogP contribution is 2.33. The number of para-hydroxylation sites is 1. The Kier molecular flexibility index (Phi) is 4.53. The van der Waals surface area contributed by atoms with E-state index in [1.54, 1.807) is 20.1 Å². The summed E-state index contributed by atoms with van der Waals surface area (Å²) in [6.07, 6.45) is 0. The van der Waals surface area contributed by atoms with Gasteiger partial charge in [0.15, 0.2) is 0 Å². The van der Waals surface area contributed by atoms with Gasteiger partial charge in [0.2, 0.25) is 5.91 Å². The molecular weight excluding hydrogens is 332 g/mol. The smallest absolute Gasteiger partial charge is 0.247 e. The van der Waals surface area contributed by atoms with Crippen LogP contribution in [0.2, 0.25) is 0 Å². The summed E-state index contributed by atoms with van der Waals surface area (Å²) in [6.45, 7) is 1.75. The second-order valence-corrected chi connectivity index (χ2v) is 5.74. The molecule has 0 spiro atoms. The van der Waals surface area contributed by atoms with Gasteiger partial charge in [-0.2, -0.15) is 0 Å². The van der Waals surface area contributed by atoms with Gasteiger partial charge in [0.1, 0.15) is 11.3 Å². The first-order chi connectivity index (χ1) is 9.97. The van der Waals surface area contributed by atoms with E-state index in [4.69, 9.17) is 10.5 Å². The number of anilines is 1. The molecule has 0 heterocycles. The van der Waals surface area contributed by atoms with E-state index in [0.717, 1.165) is 10.2 Å². The van der Waals surface area contributed by atoms with Crippen molar-refractivity contribution in [1.29, 1.82) is 0 Å². The highest BCUT2D eigenvalue weighted by molar-refractivity contribution is 9.10. The van der Waals surface area contributed by atoms with E-state index in [9.17, 15) is 4.79 Å². The summed E-state index contributed by atoms with van der Waals surface area (Å²) in [6, 6.07) is 14.9. The molecule has 0 aliphatic carbocycles. The summed E-state index contributed by atoms with van der Waals surface area (Å²) >= 11 is 3.38. The van der Waals surface area contributed by atoms with E-state index in [-0.39, 0.29) is 0 Å². The number of ether oxygens (including phenoxy) is 1. The molecule has 5 heteroatoms. The molecule has 0 bridgehead atoms. The molecule has 1 unspecified atom stereocenters. The highest BCUT2D eigenvalue weighted by atomic mass is 79.9. The number of hydrogen-bond donors (Lipinski definition) is 2. The van der Waals surface area contributed by atoms with Crippen molar-refractivity contribution in [2.75, 3.05) is 12.4 Å². The minimum absolute atomic E-state index is 0.477. The first kappa shape index (κ1) is 15.4. The third kappa shape index (κ3) is 3.19. The van der Waals surface area contributed by atoms with Gasteiger partial charge in [-0.15, -0.1) is 0 Å². The van der Waals surface area contributed by atoms with Gasteiger partial charge in [0.25, 0.3) is 0 Å². The van der Waals surface area contributed by atoms with Crippen molar-refractivity contribution < 1.29 is 9.53 Å². The lowest BCUT2D eigenvalue weighted by Crippen LogP contribution is -2.45. The number of primary amides is 1. The molecule has 1 atom stereocenters. The molecule has 2 aromatic rings. The van der Waals surface area contributed by atoms with Crippen LogP contribution in [0.25, 0.3) is 0 Å². The fraction of sp³-hybridized carbons (Fsp3) is 0.188. The van der Waals surface area contributed by atoms with Crippen LogP contribution in [0.4, 0.5) is 5.69 Å². The van der Waals surface area contributed by atoms with Crippen molar-refractivity contribution in [3.63, 3.8) is 0 Å². The van der Waals surface area contributed by atoms with Crippen molar-refractivity contribution in [3.8, 4) is 5.75 Å². The van der Waals surface area contributed by atoms with Crippen molar-refractivity contribution in [2.45, 2.75) is 12.5 Å². The third-order valence-electron chi connectivity index (χ3n) is 3.38. The number of amides is 1. The Hall–Kier alpha value is -2.01. The number of halogens is 1. The number of carbonyl (C=O) groups excluding carboxylic acids is 1. The molecule has 21 heavy (non-hydrogen) atoms. The highest BCUT2D eigenvalue weighted by Gasteiger charge is 2.35. The average Bonchev–Trinajstić information content (AvgIpc) is 2.49. The summed E-state index contributed by atoms with van der Waals surface area (Å²) in [5.41, 5.74) is 6.06. The summed E-state index contributed by atoms with van der Waals surface area (Å²) in [4.78, 5) is 12.1. The van der Waals surface area contributed by atoms with Gasteiger partial charge in [-0.3, -0.25) is 4.79 Å². The van der Waals surface area contributed by atoms with Gasteiger partial charge < -0.3 is 15.8 Å². The predicted octanol–water partition coefficient (Wildman–Crippen LogP) is 3.27. The lowest BCUT2D eigenvalue weighted by molar-refractivity contribution is -0.122. The second-order valence-electron chi connectivity index (χ2n) is 4.82. The number of carbonyl (C=O) groups is 1. The number of benzene rings is 2. The van der Waals surface area contributed by atoms with E-state index in [2.05, 4.69) is 21.2 Å². The minimum Gasteiger partial charge on any atom is -0.496 e. The topological polar surface area (TPSA) is 64.3 Å². The van der Waals surface area contributed by atoms with Gasteiger partial charge in [-0.05, 0) is 37.3 Å². The van der Waals surface area contributed by atoms with Gasteiger partial charge in [0, 0.05) is 15.7 Å². The number of methoxy groups -OCH3 is 1. The Labute approximate surface area is 132 Å². The minimum atomic E-state index is -1.07. The van der Waals surface area contributed by atoms with Crippen LogP contribution >= 0.6 is 15.9 Å². The first-order valence-electron chi connectivity index (χ1n) is 6.44. The fourth-order valence-corrected chi connectivity index (χ4v) is 2.41. The second kappa shape index (κ2) is 6.18. The average molecular weight is 349 g/mol. The summed E-state index contributed by atoms with van der Waals surface area (Å²) in [7, 11) is 1.57. The lowest BCUT2D eigenvalue weighted by Gasteiger charge is -2.30. The third-order valence-corrected chi connectivity index (χ3v) is 3.91. The summed E-state index contributed by atoms with van der Waals surface area (Å²) in [5, 5.41) is 3.20. The van der Waals surface area contributed by atoms with Crippen LogP contribution in [-0.2, 0) is 10.3 Å². The Balaban J connectivity index is 2.45. The fourth-order valence-electron chi connectivity index (χ4n) is 2.14. The van der Waals surface area contributed by atoms with E-state index < -0.39 is 11.4 Å². The lowest BCUT2D eigenvalue weighted by atomic mass is 9.90. The van der Waals surface area contributed by atoms with Crippen molar-refractivity contribution in [3.05, 3.63) is 58.6 Å². The number of nitrogens with one attached hydrogen (secondary N) is 1. The van der Waals surface area contributed by atoms with E-state index in [1.807, 2.05) is 42.5 Å². The van der Waals surface area contributed by atoms with Gasteiger partial charge >= 0.3 is 0 Å². The van der Waals surface area contributed by atoms with Crippen LogP contribution in [-0.4, -0.2) is 13.0 Å². The Morgan fingerprint density at radius 3 is 2.38 bits per heavy atom. The Morgan fingerprint density at radius 2 is 1.81 bits per heavy atom.